The molecule has 0 spiro atoms. The lowest BCUT2D eigenvalue weighted by Crippen LogP contribution is -2.47. The Morgan fingerprint density at radius 1 is 1.03 bits per heavy atom. The van der Waals surface area contributed by atoms with Crippen molar-refractivity contribution in [3.8, 4) is 11.4 Å². The van der Waals surface area contributed by atoms with Crippen LogP contribution in [0, 0.1) is 5.92 Å². The Morgan fingerprint density at radius 2 is 1.75 bits per heavy atom. The molecule has 0 bridgehead atoms. The van der Waals surface area contributed by atoms with Gasteiger partial charge < -0.3 is 15.2 Å². The molecule has 3 aromatic rings. The van der Waals surface area contributed by atoms with Crippen LogP contribution < -0.4 is 10.6 Å². The molecule has 0 fully saturated rings. The van der Waals surface area contributed by atoms with Gasteiger partial charge in [0.05, 0.1) is 0 Å². The van der Waals surface area contributed by atoms with Crippen LogP contribution in [0.15, 0.2) is 54.7 Å². The molecule has 166 valence electrons. The number of aryl methyl sites for hydroxylation is 1. The van der Waals surface area contributed by atoms with Gasteiger partial charge in [0.25, 0.3) is 5.91 Å². The third-order valence-corrected chi connectivity index (χ3v) is 6.01. The summed E-state index contributed by atoms with van der Waals surface area (Å²) in [6.45, 7) is 4.79. The highest BCUT2D eigenvalue weighted by Gasteiger charge is 2.25. The van der Waals surface area contributed by atoms with Gasteiger partial charge in [0.15, 0.2) is 0 Å². The summed E-state index contributed by atoms with van der Waals surface area (Å²) in [5.41, 5.74) is 3.43. The van der Waals surface area contributed by atoms with Crippen LogP contribution in [0.3, 0.4) is 0 Å². The topological polar surface area (TPSA) is 76.0 Å². The molecule has 2 aromatic carbocycles. The molecule has 6 nitrogen and oxygen atoms in total. The molecule has 1 aromatic heterocycles. The summed E-state index contributed by atoms with van der Waals surface area (Å²) in [5.74, 6) is 0.318. The highest BCUT2D eigenvalue weighted by Crippen LogP contribution is 2.25. The van der Waals surface area contributed by atoms with Crippen molar-refractivity contribution < 1.29 is 9.59 Å². The second kappa shape index (κ2) is 9.57. The van der Waals surface area contributed by atoms with Crippen molar-refractivity contribution >= 4 is 29.1 Å². The second-order valence-corrected chi connectivity index (χ2v) is 8.89. The average Bonchev–Trinajstić information content (AvgIpc) is 3.22. The normalized spacial score (nSPS) is 14.0. The van der Waals surface area contributed by atoms with Gasteiger partial charge in [-0.1, -0.05) is 25.4 Å². The van der Waals surface area contributed by atoms with Crippen molar-refractivity contribution in [2.45, 2.75) is 45.7 Å². The summed E-state index contributed by atoms with van der Waals surface area (Å²) in [6, 6.07) is 13.6. The van der Waals surface area contributed by atoms with E-state index in [1.54, 1.807) is 24.3 Å². The van der Waals surface area contributed by atoms with Crippen LogP contribution in [0.2, 0.25) is 5.02 Å². The number of hydrogen-bond acceptors (Lipinski definition) is 3. The molecule has 7 heteroatoms. The molecule has 1 unspecified atom stereocenters. The van der Waals surface area contributed by atoms with E-state index in [0.717, 1.165) is 24.4 Å². The van der Waals surface area contributed by atoms with Crippen molar-refractivity contribution in [3.63, 3.8) is 0 Å². The maximum Gasteiger partial charge on any atom is 0.251 e. The van der Waals surface area contributed by atoms with Gasteiger partial charge in [0.2, 0.25) is 5.91 Å². The molecule has 32 heavy (non-hydrogen) atoms. The number of rotatable bonds is 6. The molecule has 0 saturated heterocycles. The maximum absolute atomic E-state index is 12.9. The third kappa shape index (κ3) is 4.86. The first-order valence-electron chi connectivity index (χ1n) is 10.9. The van der Waals surface area contributed by atoms with Gasteiger partial charge in [-0.2, -0.15) is 0 Å². The van der Waals surface area contributed by atoms with Crippen LogP contribution in [-0.2, 0) is 17.8 Å². The van der Waals surface area contributed by atoms with E-state index in [1.807, 2.05) is 44.3 Å². The van der Waals surface area contributed by atoms with Crippen molar-refractivity contribution in [3.05, 3.63) is 71.0 Å². The quantitative estimate of drug-likeness (QED) is 0.558. The number of carbonyl (C=O) groups excluding carboxylic acids is 2. The monoisotopic (exact) mass is 450 g/mol. The minimum Gasteiger partial charge on any atom is -0.340 e. The van der Waals surface area contributed by atoms with Crippen molar-refractivity contribution in [2.75, 3.05) is 5.32 Å². The number of benzene rings is 2. The fourth-order valence-electron chi connectivity index (χ4n) is 3.95. The maximum atomic E-state index is 12.9. The molecule has 0 radical (unpaired) electrons. The van der Waals surface area contributed by atoms with Gasteiger partial charge in [-0.15, -0.1) is 0 Å². The molecule has 2 heterocycles. The zero-order valence-corrected chi connectivity index (χ0v) is 19.0. The summed E-state index contributed by atoms with van der Waals surface area (Å²) >= 11 is 5.89. The third-order valence-electron chi connectivity index (χ3n) is 5.76. The Balaban J connectivity index is 1.44. The molecular weight excluding hydrogens is 424 g/mol. The molecular formula is C25H27ClN4O2. The molecule has 2 N–H and O–H groups in total. The molecule has 0 saturated carbocycles. The zero-order chi connectivity index (χ0) is 22.7. The van der Waals surface area contributed by atoms with Crippen LogP contribution in [-0.4, -0.2) is 27.4 Å². The van der Waals surface area contributed by atoms with Crippen LogP contribution in [0.1, 0.15) is 42.7 Å². The van der Waals surface area contributed by atoms with E-state index in [0.29, 0.717) is 16.3 Å². The van der Waals surface area contributed by atoms with E-state index in [2.05, 4.69) is 20.2 Å². The van der Waals surface area contributed by atoms with E-state index in [1.165, 1.54) is 18.5 Å². The first-order valence-corrected chi connectivity index (χ1v) is 11.3. The van der Waals surface area contributed by atoms with Crippen LogP contribution >= 0.6 is 11.6 Å². The number of carbonyl (C=O) groups is 2. The Bertz CT molecular complexity index is 1100. The summed E-state index contributed by atoms with van der Waals surface area (Å²) in [5, 5.41) is 6.31. The lowest BCUT2D eigenvalue weighted by molar-refractivity contribution is -0.118. The number of aromatic nitrogens is 2. The van der Waals surface area contributed by atoms with E-state index in [9.17, 15) is 9.59 Å². The Morgan fingerprint density at radius 3 is 2.44 bits per heavy atom. The van der Waals surface area contributed by atoms with Crippen LogP contribution in [0.5, 0.6) is 0 Å². The zero-order valence-electron chi connectivity index (χ0n) is 18.3. The number of hydrogen-bond donors (Lipinski definition) is 2. The average molecular weight is 451 g/mol. The van der Waals surface area contributed by atoms with Crippen molar-refractivity contribution in [2.24, 2.45) is 5.92 Å². The summed E-state index contributed by atoms with van der Waals surface area (Å²) < 4.78 is 2.28. The van der Waals surface area contributed by atoms with E-state index in [4.69, 9.17) is 11.6 Å². The van der Waals surface area contributed by atoms with Crippen molar-refractivity contribution in [1.82, 2.24) is 14.9 Å². The standard InChI is InChI=1S/C25H27ClN4O2/c1-16(2)22(29-24(31)18-6-10-19(26)11-7-18)25(32)28-20-12-8-17(9-13-20)23-27-15-21-5-3-4-14-30(21)23/h6-13,15-16,22H,3-5,14H2,1-2H3,(H,28,32)(H,29,31). The number of anilines is 1. The van der Waals surface area contributed by atoms with E-state index >= 15 is 0 Å². The minimum absolute atomic E-state index is 0.0815. The van der Waals surface area contributed by atoms with Gasteiger partial charge in [0, 0.05) is 40.3 Å². The number of nitrogens with one attached hydrogen (secondary N) is 2. The number of imidazole rings is 1. The molecule has 4 rings (SSSR count). The Hall–Kier alpha value is -3.12. The molecule has 1 aliphatic rings. The first-order chi connectivity index (χ1) is 15.4. The van der Waals surface area contributed by atoms with E-state index in [-0.39, 0.29) is 17.7 Å². The second-order valence-electron chi connectivity index (χ2n) is 8.45. The summed E-state index contributed by atoms with van der Waals surface area (Å²) in [7, 11) is 0. The van der Waals surface area contributed by atoms with Crippen LogP contribution in [0.4, 0.5) is 5.69 Å². The van der Waals surface area contributed by atoms with E-state index < -0.39 is 6.04 Å². The van der Waals surface area contributed by atoms with Gasteiger partial charge in [0.1, 0.15) is 11.9 Å². The molecule has 0 aliphatic carbocycles. The SMILES string of the molecule is CC(C)C(NC(=O)c1ccc(Cl)cc1)C(=O)Nc1ccc(-c2ncc3n2CCCC3)cc1. The number of amides is 2. The first kappa shape index (κ1) is 22.1. The number of nitrogens with zero attached hydrogens (tertiary/aromatic N) is 2. The largest absolute Gasteiger partial charge is 0.340 e. The fourth-order valence-corrected chi connectivity index (χ4v) is 4.08. The minimum atomic E-state index is -0.669. The summed E-state index contributed by atoms with van der Waals surface area (Å²) in [6.07, 6.45) is 5.41. The lowest BCUT2D eigenvalue weighted by atomic mass is 10.0. The molecule has 2 amide bonds. The smallest absolute Gasteiger partial charge is 0.251 e. The Kier molecular flexibility index (Phi) is 6.61. The van der Waals surface area contributed by atoms with Gasteiger partial charge >= 0.3 is 0 Å². The van der Waals surface area contributed by atoms with Gasteiger partial charge in [-0.3, -0.25) is 9.59 Å². The predicted octanol–water partition coefficient (Wildman–Crippen LogP) is 4.93. The fraction of sp³-hybridized carbons (Fsp3) is 0.320. The molecule has 1 aliphatic heterocycles. The Labute approximate surface area is 193 Å². The van der Waals surface area contributed by atoms with Crippen molar-refractivity contribution in [1.29, 1.82) is 0 Å². The van der Waals surface area contributed by atoms with Gasteiger partial charge in [-0.25, -0.2) is 4.98 Å². The lowest BCUT2D eigenvalue weighted by Gasteiger charge is -2.22. The number of fused-ring (bicyclic) bond motifs is 1. The van der Waals surface area contributed by atoms with Crippen LogP contribution in [0.25, 0.3) is 11.4 Å². The predicted molar refractivity (Wildman–Crippen MR) is 127 cm³/mol. The highest BCUT2D eigenvalue weighted by atomic mass is 35.5. The summed E-state index contributed by atoms with van der Waals surface area (Å²) in [4.78, 5) is 30.1. The van der Waals surface area contributed by atoms with Gasteiger partial charge in [-0.05, 0) is 73.7 Å². The number of halogens is 1. The molecule has 1 atom stereocenters. The highest BCUT2D eigenvalue weighted by molar-refractivity contribution is 6.30.